The Balaban J connectivity index is 2.14. The molecule has 0 fully saturated rings. The number of nitro groups is 2. The molecule has 0 saturated heterocycles. The highest BCUT2D eigenvalue weighted by Gasteiger charge is 2.28. The van der Waals surface area contributed by atoms with Crippen molar-refractivity contribution < 1.29 is 56.8 Å². The fraction of sp³-hybridized carbons (Fsp3) is 0.393. The molecular formula is C28H31F2N5O12S. The van der Waals surface area contributed by atoms with Crippen LogP contribution in [0.25, 0.3) is 0 Å². The molecule has 2 aromatic carbocycles. The number of nitrogens with zero attached hydrogens (tertiary/aromatic N) is 2. The highest BCUT2D eigenvalue weighted by Crippen LogP contribution is 2.32. The summed E-state index contributed by atoms with van der Waals surface area (Å²) in [5.74, 6) is -4.28. The SMILES string of the molecule is O=C(CCC(NC(=O)OCc1ccccc1)C(=O)OCCF)NC(CSc1ccc([N+](=O)[O-])cc1[N+](=O)[O-])C(=O)NCC(=O)OCCF. The van der Waals surface area contributed by atoms with Crippen LogP contribution in [0.2, 0.25) is 0 Å². The van der Waals surface area contributed by atoms with E-state index in [-0.39, 0.29) is 17.3 Å². The van der Waals surface area contributed by atoms with E-state index in [1.54, 1.807) is 30.3 Å². The first-order chi connectivity index (χ1) is 22.9. The Labute approximate surface area is 275 Å². The molecule has 0 aliphatic carbocycles. The molecule has 3 amide bonds. The van der Waals surface area contributed by atoms with Gasteiger partial charge in [0.2, 0.25) is 11.8 Å². The molecule has 17 nitrogen and oxygen atoms in total. The van der Waals surface area contributed by atoms with Gasteiger partial charge in [-0.25, -0.2) is 18.4 Å². The fourth-order valence-electron chi connectivity index (χ4n) is 3.66. The van der Waals surface area contributed by atoms with Gasteiger partial charge in [-0.1, -0.05) is 30.3 Å². The van der Waals surface area contributed by atoms with Gasteiger partial charge >= 0.3 is 18.0 Å². The number of alkyl carbamates (subject to hydrolysis) is 1. The highest BCUT2D eigenvalue weighted by atomic mass is 32.2. The van der Waals surface area contributed by atoms with Gasteiger partial charge in [0.15, 0.2) is 0 Å². The summed E-state index contributed by atoms with van der Waals surface area (Å²) in [5.41, 5.74) is -0.563. The van der Waals surface area contributed by atoms with Gasteiger partial charge in [0.05, 0.1) is 20.8 Å². The minimum Gasteiger partial charge on any atom is -0.462 e. The van der Waals surface area contributed by atoms with E-state index in [0.29, 0.717) is 17.3 Å². The fourth-order valence-corrected chi connectivity index (χ4v) is 4.69. The van der Waals surface area contributed by atoms with Crippen molar-refractivity contribution in [2.24, 2.45) is 0 Å². The zero-order valence-corrected chi connectivity index (χ0v) is 25.9. The Kier molecular flexibility index (Phi) is 16.7. The Morgan fingerprint density at radius 3 is 2.19 bits per heavy atom. The molecule has 2 rings (SSSR count). The first kappa shape index (κ1) is 38.8. The Bertz CT molecular complexity index is 1450. The summed E-state index contributed by atoms with van der Waals surface area (Å²) < 4.78 is 39.2. The maximum atomic E-state index is 12.9. The van der Waals surface area contributed by atoms with Crippen LogP contribution in [0.15, 0.2) is 53.4 Å². The number of esters is 2. The second kappa shape index (κ2) is 20.7. The van der Waals surface area contributed by atoms with Crippen molar-refractivity contribution in [2.75, 3.05) is 38.9 Å². The average molecular weight is 700 g/mol. The zero-order valence-electron chi connectivity index (χ0n) is 25.1. The first-order valence-corrected chi connectivity index (χ1v) is 15.0. The summed E-state index contributed by atoms with van der Waals surface area (Å²) in [6.07, 6.45) is -1.96. The molecule has 2 atom stereocenters. The standard InChI is InChI=1S/C28H31F2N5O12S/c29-10-12-45-25(37)15-31-26(38)21(17-48-23-8-6-19(34(41)42)14-22(23)35(43)44)32-24(36)9-7-20(27(39)46-13-11-30)33-28(40)47-16-18-4-2-1-3-5-18/h1-6,8,14,20-21H,7,9-13,15-17H2,(H,31,38)(H,32,36)(H,33,40). The van der Waals surface area contributed by atoms with Gasteiger partial charge in [0.25, 0.3) is 11.4 Å². The lowest BCUT2D eigenvalue weighted by atomic mass is 10.1. The molecule has 0 heterocycles. The van der Waals surface area contributed by atoms with Crippen molar-refractivity contribution in [3.63, 3.8) is 0 Å². The van der Waals surface area contributed by atoms with Gasteiger partial charge < -0.3 is 30.2 Å². The molecule has 0 aliphatic heterocycles. The van der Waals surface area contributed by atoms with Gasteiger partial charge in [-0.05, 0) is 18.1 Å². The number of hydrogen-bond acceptors (Lipinski definition) is 13. The molecule has 20 heteroatoms. The van der Waals surface area contributed by atoms with Crippen LogP contribution in [-0.4, -0.2) is 90.6 Å². The Morgan fingerprint density at radius 1 is 0.854 bits per heavy atom. The van der Waals surface area contributed by atoms with E-state index >= 15 is 0 Å². The number of nitrogens with one attached hydrogen (secondary N) is 3. The molecular weight excluding hydrogens is 668 g/mol. The van der Waals surface area contributed by atoms with E-state index in [1.165, 1.54) is 0 Å². The topological polar surface area (TPSA) is 235 Å². The summed E-state index contributed by atoms with van der Waals surface area (Å²) in [5, 5.41) is 29.4. The van der Waals surface area contributed by atoms with Crippen molar-refractivity contribution in [3.8, 4) is 0 Å². The van der Waals surface area contributed by atoms with E-state index in [4.69, 9.17) is 9.47 Å². The minimum atomic E-state index is -1.48. The van der Waals surface area contributed by atoms with Gasteiger partial charge in [-0.15, -0.1) is 11.8 Å². The van der Waals surface area contributed by atoms with Crippen molar-refractivity contribution >= 4 is 53.0 Å². The van der Waals surface area contributed by atoms with Crippen LogP contribution in [0.5, 0.6) is 0 Å². The number of nitro benzene ring substituents is 2. The average Bonchev–Trinajstić information content (AvgIpc) is 3.07. The molecule has 48 heavy (non-hydrogen) atoms. The number of halogens is 2. The smallest absolute Gasteiger partial charge is 0.408 e. The largest absolute Gasteiger partial charge is 0.462 e. The number of benzene rings is 2. The normalized spacial score (nSPS) is 11.7. The molecule has 3 N–H and O–H groups in total. The number of ether oxygens (including phenoxy) is 3. The summed E-state index contributed by atoms with van der Waals surface area (Å²) >= 11 is 0.684. The molecule has 0 bridgehead atoms. The third-order valence-electron chi connectivity index (χ3n) is 5.93. The molecule has 0 aliphatic rings. The van der Waals surface area contributed by atoms with Crippen LogP contribution in [-0.2, 0) is 40.0 Å². The number of rotatable bonds is 20. The number of alkyl halides is 2. The number of hydrogen-bond donors (Lipinski definition) is 3. The Morgan fingerprint density at radius 2 is 1.54 bits per heavy atom. The van der Waals surface area contributed by atoms with Crippen LogP contribution < -0.4 is 16.0 Å². The monoisotopic (exact) mass is 699 g/mol. The summed E-state index contributed by atoms with van der Waals surface area (Å²) in [6.45, 7) is -4.03. The Hall–Kier alpha value is -5.40. The van der Waals surface area contributed by atoms with Crippen LogP contribution in [0.3, 0.4) is 0 Å². The number of amides is 3. The van der Waals surface area contributed by atoms with E-state index < -0.39 is 109 Å². The van der Waals surface area contributed by atoms with E-state index in [9.17, 15) is 53.0 Å². The summed E-state index contributed by atoms with van der Waals surface area (Å²) in [7, 11) is 0. The third-order valence-corrected chi connectivity index (χ3v) is 7.08. The van der Waals surface area contributed by atoms with Crippen LogP contribution in [0.4, 0.5) is 25.0 Å². The van der Waals surface area contributed by atoms with Crippen molar-refractivity contribution in [3.05, 3.63) is 74.3 Å². The lowest BCUT2D eigenvalue weighted by Gasteiger charge is -2.20. The van der Waals surface area contributed by atoms with Crippen LogP contribution in [0.1, 0.15) is 18.4 Å². The first-order valence-electron chi connectivity index (χ1n) is 14.0. The highest BCUT2D eigenvalue weighted by molar-refractivity contribution is 7.99. The van der Waals surface area contributed by atoms with Gasteiger partial charge in [-0.2, -0.15) is 0 Å². The molecule has 0 radical (unpaired) electrons. The molecule has 2 unspecified atom stereocenters. The lowest BCUT2D eigenvalue weighted by Crippen LogP contribution is -2.50. The predicted molar refractivity (Wildman–Crippen MR) is 162 cm³/mol. The molecule has 2 aromatic rings. The molecule has 0 saturated carbocycles. The van der Waals surface area contributed by atoms with Gasteiger partial charge in [-0.3, -0.25) is 34.6 Å². The number of carbonyl (C=O) groups excluding carboxylic acids is 5. The third kappa shape index (κ3) is 13.9. The summed E-state index contributed by atoms with van der Waals surface area (Å²) in [6, 6.07) is 8.40. The summed E-state index contributed by atoms with van der Waals surface area (Å²) in [4.78, 5) is 83.1. The van der Waals surface area contributed by atoms with E-state index in [0.717, 1.165) is 18.2 Å². The second-order valence-electron chi connectivity index (χ2n) is 9.38. The zero-order chi connectivity index (χ0) is 35.5. The maximum absolute atomic E-state index is 12.9. The van der Waals surface area contributed by atoms with E-state index in [1.807, 2.05) is 0 Å². The molecule has 0 spiro atoms. The van der Waals surface area contributed by atoms with Gasteiger partial charge in [0, 0.05) is 18.2 Å². The number of thioether (sulfide) groups is 1. The number of carbonyl (C=O) groups is 5. The minimum absolute atomic E-state index is 0.0890. The van der Waals surface area contributed by atoms with Gasteiger partial charge in [0.1, 0.15) is 51.8 Å². The van der Waals surface area contributed by atoms with Crippen molar-refractivity contribution in [2.45, 2.75) is 36.4 Å². The number of non-ortho nitro benzene ring substituents is 1. The second-order valence-corrected chi connectivity index (χ2v) is 10.4. The quantitative estimate of drug-likeness (QED) is 0.0592. The van der Waals surface area contributed by atoms with E-state index in [2.05, 4.69) is 20.7 Å². The van der Waals surface area contributed by atoms with Crippen LogP contribution in [0, 0.1) is 20.2 Å². The van der Waals surface area contributed by atoms with Crippen LogP contribution >= 0.6 is 11.8 Å². The molecule has 260 valence electrons. The van der Waals surface area contributed by atoms with Crippen molar-refractivity contribution in [1.29, 1.82) is 0 Å². The molecule has 0 aromatic heterocycles. The maximum Gasteiger partial charge on any atom is 0.408 e. The lowest BCUT2D eigenvalue weighted by molar-refractivity contribution is -0.396. The van der Waals surface area contributed by atoms with Crippen molar-refractivity contribution in [1.82, 2.24) is 16.0 Å². The predicted octanol–water partition coefficient (Wildman–Crippen LogP) is 2.30.